The third-order valence-corrected chi connectivity index (χ3v) is 3.33. The van der Waals surface area contributed by atoms with Crippen LogP contribution in [0.2, 0.25) is 0 Å². The molecule has 1 unspecified atom stereocenters. The lowest BCUT2D eigenvalue weighted by Gasteiger charge is -2.31. The van der Waals surface area contributed by atoms with Crippen molar-refractivity contribution in [2.24, 2.45) is 5.92 Å². The number of likely N-dealkylation sites (N-methyl/N-ethyl adjacent to an activating group) is 1. The molecule has 0 bridgehead atoms. The summed E-state index contributed by atoms with van der Waals surface area (Å²) in [5, 5.41) is 6.36. The van der Waals surface area contributed by atoms with Crippen molar-refractivity contribution in [1.29, 1.82) is 0 Å². The molecule has 1 saturated heterocycles. The van der Waals surface area contributed by atoms with E-state index in [9.17, 15) is 4.79 Å². The molecule has 4 heteroatoms. The molecule has 0 saturated carbocycles. The lowest BCUT2D eigenvalue weighted by molar-refractivity contribution is -0.122. The maximum absolute atomic E-state index is 11.7. The van der Waals surface area contributed by atoms with E-state index >= 15 is 0 Å². The molecule has 1 aliphatic heterocycles. The third kappa shape index (κ3) is 6.03. The maximum Gasteiger partial charge on any atom is 0.234 e. The molecule has 1 heterocycles. The van der Waals surface area contributed by atoms with Crippen LogP contribution in [0.1, 0.15) is 33.1 Å². The quantitative estimate of drug-likeness (QED) is 0.724. The summed E-state index contributed by atoms with van der Waals surface area (Å²) in [7, 11) is 2.04. The Labute approximate surface area is 105 Å². The van der Waals surface area contributed by atoms with Crippen molar-refractivity contribution < 1.29 is 4.79 Å². The number of rotatable bonds is 6. The fourth-order valence-corrected chi connectivity index (χ4v) is 2.12. The van der Waals surface area contributed by atoms with Gasteiger partial charge in [0.15, 0.2) is 0 Å². The molecule has 0 aromatic carbocycles. The predicted molar refractivity (Wildman–Crippen MR) is 71.0 cm³/mol. The average Bonchev–Trinajstić information content (AvgIpc) is 2.29. The van der Waals surface area contributed by atoms with Crippen LogP contribution < -0.4 is 10.6 Å². The van der Waals surface area contributed by atoms with E-state index in [4.69, 9.17) is 0 Å². The molecule has 1 amide bonds. The van der Waals surface area contributed by atoms with E-state index in [2.05, 4.69) is 29.4 Å². The zero-order chi connectivity index (χ0) is 12.7. The Morgan fingerprint density at radius 3 is 2.88 bits per heavy atom. The fraction of sp³-hybridized carbons (Fsp3) is 0.923. The molecule has 1 aliphatic rings. The molecule has 17 heavy (non-hydrogen) atoms. The van der Waals surface area contributed by atoms with Crippen molar-refractivity contribution in [1.82, 2.24) is 15.5 Å². The Morgan fingerprint density at radius 1 is 1.53 bits per heavy atom. The van der Waals surface area contributed by atoms with E-state index < -0.39 is 0 Å². The van der Waals surface area contributed by atoms with Gasteiger partial charge in [-0.25, -0.2) is 0 Å². The fourth-order valence-electron chi connectivity index (χ4n) is 2.12. The first kappa shape index (κ1) is 14.5. The Morgan fingerprint density at radius 2 is 2.29 bits per heavy atom. The van der Waals surface area contributed by atoms with E-state index in [1.165, 1.54) is 12.8 Å². The second-order valence-electron chi connectivity index (χ2n) is 5.45. The van der Waals surface area contributed by atoms with Gasteiger partial charge in [-0.2, -0.15) is 0 Å². The number of piperidine rings is 1. The summed E-state index contributed by atoms with van der Waals surface area (Å²) in [6.07, 6.45) is 3.47. The van der Waals surface area contributed by atoms with Gasteiger partial charge in [0.25, 0.3) is 0 Å². The molecule has 4 nitrogen and oxygen atoms in total. The second kappa shape index (κ2) is 7.67. The summed E-state index contributed by atoms with van der Waals surface area (Å²) < 4.78 is 0. The molecule has 1 fully saturated rings. The molecular weight excluding hydrogens is 214 g/mol. The molecule has 0 aliphatic carbocycles. The van der Waals surface area contributed by atoms with E-state index in [0.717, 1.165) is 26.1 Å². The zero-order valence-electron chi connectivity index (χ0n) is 11.5. The van der Waals surface area contributed by atoms with Crippen LogP contribution in [0.4, 0.5) is 0 Å². The molecule has 100 valence electrons. The van der Waals surface area contributed by atoms with Crippen LogP contribution in [0.3, 0.4) is 0 Å². The lowest BCUT2D eigenvalue weighted by Crippen LogP contribution is -2.47. The third-order valence-electron chi connectivity index (χ3n) is 3.33. The zero-order valence-corrected chi connectivity index (χ0v) is 11.5. The van der Waals surface area contributed by atoms with E-state index in [0.29, 0.717) is 18.5 Å². The number of nitrogens with one attached hydrogen (secondary N) is 2. The first-order valence-electron chi connectivity index (χ1n) is 6.77. The normalized spacial score (nSPS) is 20.9. The van der Waals surface area contributed by atoms with Crippen LogP contribution in [-0.4, -0.2) is 50.1 Å². The van der Waals surface area contributed by atoms with E-state index in [1.807, 2.05) is 7.05 Å². The SMILES string of the molecule is CC(C)CCNC(=O)CN(C)C1CCCNC1. The van der Waals surface area contributed by atoms with Gasteiger partial charge >= 0.3 is 0 Å². The molecular formula is C13H27N3O. The van der Waals surface area contributed by atoms with Crippen molar-refractivity contribution in [3.05, 3.63) is 0 Å². The molecule has 0 aromatic heterocycles. The van der Waals surface area contributed by atoms with Gasteiger partial charge in [-0.3, -0.25) is 9.69 Å². The van der Waals surface area contributed by atoms with Crippen molar-refractivity contribution in [2.75, 3.05) is 33.2 Å². The highest BCUT2D eigenvalue weighted by atomic mass is 16.2. The Bertz CT molecular complexity index is 225. The first-order valence-corrected chi connectivity index (χ1v) is 6.77. The minimum absolute atomic E-state index is 0.152. The van der Waals surface area contributed by atoms with Crippen molar-refractivity contribution in [2.45, 2.75) is 39.2 Å². The molecule has 0 radical (unpaired) electrons. The summed E-state index contributed by atoms with van der Waals surface area (Å²) in [5.41, 5.74) is 0. The average molecular weight is 241 g/mol. The highest BCUT2D eigenvalue weighted by Gasteiger charge is 2.19. The van der Waals surface area contributed by atoms with Crippen molar-refractivity contribution in [3.8, 4) is 0 Å². The number of nitrogens with zero attached hydrogens (tertiary/aromatic N) is 1. The predicted octanol–water partition coefficient (Wildman–Crippen LogP) is 0.833. The van der Waals surface area contributed by atoms with Gasteiger partial charge in [0.05, 0.1) is 6.54 Å². The minimum Gasteiger partial charge on any atom is -0.355 e. The van der Waals surface area contributed by atoms with Crippen LogP contribution in [0.25, 0.3) is 0 Å². The molecule has 0 aromatic rings. The van der Waals surface area contributed by atoms with E-state index in [1.54, 1.807) is 0 Å². The second-order valence-corrected chi connectivity index (χ2v) is 5.45. The number of carbonyl (C=O) groups is 1. The standard InChI is InChI=1S/C13H27N3O/c1-11(2)6-8-15-13(17)10-16(3)12-5-4-7-14-9-12/h11-12,14H,4-10H2,1-3H3,(H,15,17). The monoisotopic (exact) mass is 241 g/mol. The first-order chi connectivity index (χ1) is 8.09. The van der Waals surface area contributed by atoms with Gasteiger partial charge in [0.1, 0.15) is 0 Å². The van der Waals surface area contributed by atoms with Gasteiger partial charge in [0.2, 0.25) is 5.91 Å². The van der Waals surface area contributed by atoms with Crippen LogP contribution in [-0.2, 0) is 4.79 Å². The number of carbonyl (C=O) groups excluding carboxylic acids is 1. The van der Waals surface area contributed by atoms with Gasteiger partial charge < -0.3 is 10.6 Å². The minimum atomic E-state index is 0.152. The number of hydrogen-bond acceptors (Lipinski definition) is 3. The van der Waals surface area contributed by atoms with Crippen LogP contribution in [0, 0.1) is 5.92 Å². The van der Waals surface area contributed by atoms with Crippen LogP contribution >= 0.6 is 0 Å². The molecule has 1 atom stereocenters. The summed E-state index contributed by atoms with van der Waals surface area (Å²) in [4.78, 5) is 13.9. The summed E-state index contributed by atoms with van der Waals surface area (Å²) in [5.74, 6) is 0.800. The molecule has 1 rings (SSSR count). The number of amides is 1. The highest BCUT2D eigenvalue weighted by molar-refractivity contribution is 5.77. The van der Waals surface area contributed by atoms with Gasteiger partial charge in [0, 0.05) is 19.1 Å². The Hall–Kier alpha value is -0.610. The van der Waals surface area contributed by atoms with Crippen molar-refractivity contribution >= 4 is 5.91 Å². The largest absolute Gasteiger partial charge is 0.355 e. The van der Waals surface area contributed by atoms with Crippen molar-refractivity contribution in [3.63, 3.8) is 0 Å². The summed E-state index contributed by atoms with van der Waals surface area (Å²) in [6, 6.07) is 0.514. The lowest BCUT2D eigenvalue weighted by atomic mass is 10.1. The van der Waals surface area contributed by atoms with Crippen LogP contribution in [0.15, 0.2) is 0 Å². The van der Waals surface area contributed by atoms with Crippen LogP contribution in [0.5, 0.6) is 0 Å². The topological polar surface area (TPSA) is 44.4 Å². The summed E-state index contributed by atoms with van der Waals surface area (Å²) >= 11 is 0. The van der Waals surface area contributed by atoms with Gasteiger partial charge in [-0.1, -0.05) is 13.8 Å². The highest BCUT2D eigenvalue weighted by Crippen LogP contribution is 2.07. The van der Waals surface area contributed by atoms with Gasteiger partial charge in [-0.15, -0.1) is 0 Å². The Kier molecular flexibility index (Phi) is 6.52. The Balaban J connectivity index is 2.15. The maximum atomic E-state index is 11.7. The smallest absolute Gasteiger partial charge is 0.234 e. The summed E-state index contributed by atoms with van der Waals surface area (Å²) in [6.45, 7) is 7.79. The molecule has 2 N–H and O–H groups in total. The van der Waals surface area contributed by atoms with E-state index in [-0.39, 0.29) is 5.91 Å². The van der Waals surface area contributed by atoms with Gasteiger partial charge in [-0.05, 0) is 38.8 Å². The molecule has 0 spiro atoms. The number of hydrogen-bond donors (Lipinski definition) is 2.